The zero-order chi connectivity index (χ0) is 14.6. The van der Waals surface area contributed by atoms with Crippen LogP contribution in [0.15, 0.2) is 12.1 Å². The van der Waals surface area contributed by atoms with Crippen molar-refractivity contribution in [1.29, 1.82) is 0 Å². The average Bonchev–Trinajstić information content (AvgIpc) is 2.35. The molecule has 0 radical (unpaired) electrons. The highest BCUT2D eigenvalue weighted by atomic mass is 16.5. The molecule has 0 aliphatic rings. The molecule has 6 nitrogen and oxygen atoms in total. The maximum atomic E-state index is 10.9. The number of carboxylic acids is 1. The van der Waals surface area contributed by atoms with Gasteiger partial charge in [0.25, 0.3) is 0 Å². The molecule has 1 rings (SSSR count). The monoisotopic (exact) mass is 269 g/mol. The van der Waals surface area contributed by atoms with E-state index < -0.39 is 11.5 Å². The Morgan fingerprint density at radius 2 is 1.68 bits per heavy atom. The van der Waals surface area contributed by atoms with E-state index in [4.69, 9.17) is 25.1 Å². The molecule has 0 heterocycles. The molecular formula is C13H19NO5. The van der Waals surface area contributed by atoms with Gasteiger partial charge in [0.15, 0.2) is 0 Å². The fourth-order valence-corrected chi connectivity index (χ4v) is 1.97. The van der Waals surface area contributed by atoms with Crippen LogP contribution in [0.5, 0.6) is 17.2 Å². The van der Waals surface area contributed by atoms with Gasteiger partial charge >= 0.3 is 5.97 Å². The molecule has 1 aromatic carbocycles. The lowest BCUT2D eigenvalue weighted by molar-refractivity contribution is -0.138. The van der Waals surface area contributed by atoms with E-state index in [2.05, 4.69) is 0 Å². The topological polar surface area (TPSA) is 91.0 Å². The van der Waals surface area contributed by atoms with Gasteiger partial charge in [0, 0.05) is 12.1 Å². The van der Waals surface area contributed by atoms with Crippen molar-refractivity contribution in [3.05, 3.63) is 17.7 Å². The van der Waals surface area contributed by atoms with Crippen molar-refractivity contribution >= 4 is 5.97 Å². The summed E-state index contributed by atoms with van der Waals surface area (Å²) in [6.45, 7) is 1.62. The second kappa shape index (κ2) is 5.79. The van der Waals surface area contributed by atoms with Gasteiger partial charge in [-0.2, -0.15) is 0 Å². The summed E-state index contributed by atoms with van der Waals surface area (Å²) < 4.78 is 15.7. The summed E-state index contributed by atoms with van der Waals surface area (Å²) in [7, 11) is 4.48. The van der Waals surface area contributed by atoms with Gasteiger partial charge in [-0.1, -0.05) is 0 Å². The van der Waals surface area contributed by atoms with Crippen LogP contribution < -0.4 is 19.9 Å². The lowest BCUT2D eigenvalue weighted by Crippen LogP contribution is -2.36. The highest BCUT2D eigenvalue weighted by Crippen LogP contribution is 2.41. The van der Waals surface area contributed by atoms with E-state index in [0.29, 0.717) is 22.8 Å². The van der Waals surface area contributed by atoms with Crippen molar-refractivity contribution in [1.82, 2.24) is 0 Å². The summed E-state index contributed by atoms with van der Waals surface area (Å²) >= 11 is 0. The number of hydrogen-bond donors (Lipinski definition) is 2. The van der Waals surface area contributed by atoms with E-state index in [0.717, 1.165) is 0 Å². The molecule has 3 N–H and O–H groups in total. The quantitative estimate of drug-likeness (QED) is 0.810. The third kappa shape index (κ3) is 3.29. The molecule has 0 aliphatic carbocycles. The molecule has 1 atom stereocenters. The normalized spacial score (nSPS) is 13.5. The average molecular weight is 269 g/mol. The largest absolute Gasteiger partial charge is 0.496 e. The fourth-order valence-electron chi connectivity index (χ4n) is 1.97. The van der Waals surface area contributed by atoms with Gasteiger partial charge in [-0.15, -0.1) is 0 Å². The summed E-state index contributed by atoms with van der Waals surface area (Å²) in [6, 6.07) is 3.29. The molecule has 0 fully saturated rings. The third-order valence-electron chi connectivity index (χ3n) is 2.80. The van der Waals surface area contributed by atoms with Crippen LogP contribution >= 0.6 is 0 Å². The number of benzene rings is 1. The van der Waals surface area contributed by atoms with E-state index >= 15 is 0 Å². The summed E-state index contributed by atoms with van der Waals surface area (Å²) in [5, 5.41) is 8.95. The van der Waals surface area contributed by atoms with Crippen LogP contribution in [0.2, 0.25) is 0 Å². The third-order valence-corrected chi connectivity index (χ3v) is 2.80. The molecule has 1 unspecified atom stereocenters. The molecule has 0 amide bonds. The standard InChI is InChI=1S/C13H19NO5/c1-13(14,7-11(15)16)12-9(18-3)5-8(17-2)6-10(12)19-4/h5-6H,7,14H2,1-4H3,(H,15,16). The highest BCUT2D eigenvalue weighted by Gasteiger charge is 2.32. The predicted molar refractivity (Wildman–Crippen MR) is 69.9 cm³/mol. The summed E-state index contributed by atoms with van der Waals surface area (Å²) in [5.41, 5.74) is 5.49. The Labute approximate surface area is 112 Å². The molecule has 0 bridgehead atoms. The van der Waals surface area contributed by atoms with Crippen LogP contribution in [-0.2, 0) is 10.3 Å². The van der Waals surface area contributed by atoms with E-state index in [1.54, 1.807) is 19.1 Å². The minimum atomic E-state index is -1.12. The van der Waals surface area contributed by atoms with Gasteiger partial charge in [0.1, 0.15) is 17.2 Å². The smallest absolute Gasteiger partial charge is 0.305 e. The molecule has 19 heavy (non-hydrogen) atoms. The van der Waals surface area contributed by atoms with Crippen LogP contribution in [0, 0.1) is 0 Å². The number of aliphatic carboxylic acids is 1. The van der Waals surface area contributed by atoms with Crippen molar-refractivity contribution < 1.29 is 24.1 Å². The van der Waals surface area contributed by atoms with Gasteiger partial charge in [0.05, 0.1) is 38.9 Å². The Bertz CT molecular complexity index is 445. The molecule has 6 heteroatoms. The summed E-state index contributed by atoms with van der Waals surface area (Å²) in [6.07, 6.45) is -0.244. The van der Waals surface area contributed by atoms with Crippen LogP contribution in [0.25, 0.3) is 0 Å². The molecule has 0 saturated carbocycles. The molecule has 0 spiro atoms. The Balaban J connectivity index is 3.42. The Hall–Kier alpha value is -1.95. The molecule has 106 valence electrons. The number of ether oxygens (including phenoxy) is 3. The summed E-state index contributed by atoms with van der Waals surface area (Å²) in [4.78, 5) is 10.9. The SMILES string of the molecule is COc1cc(OC)c(C(C)(N)CC(=O)O)c(OC)c1. The Morgan fingerprint density at radius 1 is 1.21 bits per heavy atom. The maximum absolute atomic E-state index is 10.9. The fraction of sp³-hybridized carbons (Fsp3) is 0.462. The van der Waals surface area contributed by atoms with Crippen molar-refractivity contribution in [3.63, 3.8) is 0 Å². The lowest BCUT2D eigenvalue weighted by atomic mass is 9.88. The maximum Gasteiger partial charge on any atom is 0.305 e. The Kier molecular flexibility index (Phi) is 4.61. The molecular weight excluding hydrogens is 250 g/mol. The highest BCUT2D eigenvalue weighted by molar-refractivity contribution is 5.70. The molecule has 0 saturated heterocycles. The van der Waals surface area contributed by atoms with Crippen LogP contribution in [-0.4, -0.2) is 32.4 Å². The first-order chi connectivity index (χ1) is 8.85. The van der Waals surface area contributed by atoms with E-state index in [1.165, 1.54) is 21.3 Å². The van der Waals surface area contributed by atoms with Crippen LogP contribution in [0.1, 0.15) is 18.9 Å². The van der Waals surface area contributed by atoms with Gasteiger partial charge < -0.3 is 25.1 Å². The van der Waals surface area contributed by atoms with Gasteiger partial charge in [-0.05, 0) is 6.92 Å². The van der Waals surface area contributed by atoms with Crippen molar-refractivity contribution in [2.24, 2.45) is 5.73 Å². The van der Waals surface area contributed by atoms with E-state index in [-0.39, 0.29) is 6.42 Å². The zero-order valence-electron chi connectivity index (χ0n) is 11.5. The first kappa shape index (κ1) is 15.1. The molecule has 0 aliphatic heterocycles. The first-order valence-corrected chi connectivity index (χ1v) is 5.67. The van der Waals surface area contributed by atoms with Crippen LogP contribution in [0.3, 0.4) is 0 Å². The summed E-state index contributed by atoms with van der Waals surface area (Å²) in [5.74, 6) is 0.415. The van der Waals surface area contributed by atoms with Crippen molar-refractivity contribution in [2.75, 3.05) is 21.3 Å². The number of carboxylic acid groups (broad SMARTS) is 1. The van der Waals surface area contributed by atoms with Gasteiger partial charge in [-0.3, -0.25) is 4.79 Å². The molecule has 0 aromatic heterocycles. The molecule has 1 aromatic rings. The number of hydrogen-bond acceptors (Lipinski definition) is 5. The zero-order valence-corrected chi connectivity index (χ0v) is 11.5. The number of nitrogens with two attached hydrogens (primary N) is 1. The number of rotatable bonds is 6. The second-order valence-electron chi connectivity index (χ2n) is 4.39. The van der Waals surface area contributed by atoms with E-state index in [1.807, 2.05) is 0 Å². The second-order valence-corrected chi connectivity index (χ2v) is 4.39. The predicted octanol–water partition coefficient (Wildman–Crippen LogP) is 1.36. The number of methoxy groups -OCH3 is 3. The van der Waals surface area contributed by atoms with Crippen LogP contribution in [0.4, 0.5) is 0 Å². The first-order valence-electron chi connectivity index (χ1n) is 5.67. The van der Waals surface area contributed by atoms with Gasteiger partial charge in [0.2, 0.25) is 0 Å². The van der Waals surface area contributed by atoms with Crippen molar-refractivity contribution in [2.45, 2.75) is 18.9 Å². The van der Waals surface area contributed by atoms with Crippen molar-refractivity contribution in [3.8, 4) is 17.2 Å². The lowest BCUT2D eigenvalue weighted by Gasteiger charge is -2.27. The number of carbonyl (C=O) groups is 1. The van der Waals surface area contributed by atoms with Gasteiger partial charge in [-0.25, -0.2) is 0 Å². The minimum absolute atomic E-state index is 0.244. The van der Waals surface area contributed by atoms with E-state index in [9.17, 15) is 4.79 Å². The minimum Gasteiger partial charge on any atom is -0.496 e. The Morgan fingerprint density at radius 3 is 2.00 bits per heavy atom.